The molecule has 2 nitrogen and oxygen atoms in total. The first-order valence-corrected chi connectivity index (χ1v) is 6.12. The number of pyridine rings is 1. The fourth-order valence-electron chi connectivity index (χ4n) is 2.87. The third-order valence-corrected chi connectivity index (χ3v) is 3.73. The van der Waals surface area contributed by atoms with Crippen molar-refractivity contribution in [2.45, 2.75) is 51.0 Å². The third-order valence-electron chi connectivity index (χ3n) is 3.73. The Labute approximate surface area is 90.9 Å². The van der Waals surface area contributed by atoms with Gasteiger partial charge in [0.25, 0.3) is 0 Å². The Hall–Kier alpha value is -0.890. The molecule has 1 aromatic heterocycles. The molecule has 0 fully saturated rings. The molecule has 1 atom stereocenters. The molecule has 1 aromatic rings. The summed E-state index contributed by atoms with van der Waals surface area (Å²) in [6.07, 6.45) is 8.55. The number of aromatic nitrogens is 1. The summed E-state index contributed by atoms with van der Waals surface area (Å²) in [6.45, 7) is 0. The SMILES string of the molecule is N[C@@H]1CCCc2cc3c(nc21)CCCC3. The molecule has 80 valence electrons. The van der Waals surface area contributed by atoms with Crippen LogP contribution in [0.15, 0.2) is 6.07 Å². The van der Waals surface area contributed by atoms with E-state index in [0.29, 0.717) is 0 Å². The molecule has 0 saturated heterocycles. The van der Waals surface area contributed by atoms with Crippen molar-refractivity contribution in [3.05, 3.63) is 28.6 Å². The molecule has 15 heavy (non-hydrogen) atoms. The molecule has 0 amide bonds. The van der Waals surface area contributed by atoms with Gasteiger partial charge >= 0.3 is 0 Å². The van der Waals surface area contributed by atoms with Crippen molar-refractivity contribution in [3.63, 3.8) is 0 Å². The fraction of sp³-hybridized carbons (Fsp3) is 0.615. The Morgan fingerprint density at radius 3 is 2.80 bits per heavy atom. The van der Waals surface area contributed by atoms with Crippen molar-refractivity contribution in [1.82, 2.24) is 4.98 Å². The Morgan fingerprint density at radius 2 is 1.87 bits per heavy atom. The molecule has 0 unspecified atom stereocenters. The zero-order valence-electron chi connectivity index (χ0n) is 9.13. The molecule has 2 aliphatic rings. The van der Waals surface area contributed by atoms with E-state index in [4.69, 9.17) is 10.7 Å². The Morgan fingerprint density at radius 1 is 1.07 bits per heavy atom. The van der Waals surface area contributed by atoms with Gasteiger partial charge in [0.2, 0.25) is 0 Å². The minimum Gasteiger partial charge on any atom is -0.323 e. The summed E-state index contributed by atoms with van der Waals surface area (Å²) in [5.74, 6) is 0. The average molecular weight is 202 g/mol. The van der Waals surface area contributed by atoms with E-state index in [0.717, 1.165) is 12.8 Å². The van der Waals surface area contributed by atoms with Crippen molar-refractivity contribution in [2.24, 2.45) is 5.73 Å². The molecular formula is C13H18N2. The predicted molar refractivity (Wildman–Crippen MR) is 60.7 cm³/mol. The molecule has 3 rings (SSSR count). The standard InChI is InChI=1S/C13H18N2/c14-11-6-3-5-10-8-9-4-1-2-7-12(9)15-13(10)11/h8,11H,1-7,14H2/t11-/m1/s1. The van der Waals surface area contributed by atoms with Crippen molar-refractivity contribution < 1.29 is 0 Å². The van der Waals surface area contributed by atoms with Crippen LogP contribution in [0.25, 0.3) is 0 Å². The average Bonchev–Trinajstić information content (AvgIpc) is 2.27. The van der Waals surface area contributed by atoms with Crippen molar-refractivity contribution in [3.8, 4) is 0 Å². The van der Waals surface area contributed by atoms with Gasteiger partial charge in [0, 0.05) is 11.7 Å². The molecule has 0 aromatic carbocycles. The Bertz CT molecular complexity index is 384. The largest absolute Gasteiger partial charge is 0.323 e. The number of hydrogen-bond acceptors (Lipinski definition) is 2. The minimum absolute atomic E-state index is 0.195. The van der Waals surface area contributed by atoms with Crippen LogP contribution in [0.4, 0.5) is 0 Å². The number of nitrogens with zero attached hydrogens (tertiary/aromatic N) is 1. The van der Waals surface area contributed by atoms with Crippen LogP contribution in [0.2, 0.25) is 0 Å². The van der Waals surface area contributed by atoms with Crippen molar-refractivity contribution >= 4 is 0 Å². The number of rotatable bonds is 0. The van der Waals surface area contributed by atoms with Gasteiger partial charge in [-0.1, -0.05) is 6.07 Å². The van der Waals surface area contributed by atoms with Crippen LogP contribution in [0, 0.1) is 0 Å². The number of fused-ring (bicyclic) bond motifs is 2. The molecule has 1 heterocycles. The van der Waals surface area contributed by atoms with Gasteiger partial charge in [0.05, 0.1) is 5.69 Å². The molecule has 0 radical (unpaired) electrons. The smallest absolute Gasteiger partial charge is 0.0606 e. The highest BCUT2D eigenvalue weighted by atomic mass is 14.8. The zero-order chi connectivity index (χ0) is 10.3. The highest BCUT2D eigenvalue weighted by Gasteiger charge is 2.21. The lowest BCUT2D eigenvalue weighted by atomic mass is 9.87. The number of aryl methyl sites for hydroxylation is 3. The molecule has 0 bridgehead atoms. The van der Waals surface area contributed by atoms with E-state index in [-0.39, 0.29) is 6.04 Å². The lowest BCUT2D eigenvalue weighted by Gasteiger charge is -2.25. The molecule has 0 spiro atoms. The fourth-order valence-corrected chi connectivity index (χ4v) is 2.87. The summed E-state index contributed by atoms with van der Waals surface area (Å²) in [4.78, 5) is 4.81. The maximum Gasteiger partial charge on any atom is 0.0606 e. The van der Waals surface area contributed by atoms with Crippen LogP contribution in [0.3, 0.4) is 0 Å². The van der Waals surface area contributed by atoms with E-state index in [9.17, 15) is 0 Å². The summed E-state index contributed by atoms with van der Waals surface area (Å²) >= 11 is 0. The summed E-state index contributed by atoms with van der Waals surface area (Å²) < 4.78 is 0. The van der Waals surface area contributed by atoms with Gasteiger partial charge in [-0.05, 0) is 56.1 Å². The molecule has 0 aliphatic heterocycles. The van der Waals surface area contributed by atoms with Gasteiger partial charge in [-0.25, -0.2) is 0 Å². The topological polar surface area (TPSA) is 38.9 Å². The van der Waals surface area contributed by atoms with Crippen LogP contribution < -0.4 is 5.73 Å². The van der Waals surface area contributed by atoms with Crippen molar-refractivity contribution in [1.29, 1.82) is 0 Å². The summed E-state index contributed by atoms with van der Waals surface area (Å²) in [7, 11) is 0. The molecule has 2 aliphatic carbocycles. The van der Waals surface area contributed by atoms with E-state index in [2.05, 4.69) is 6.07 Å². The Kier molecular flexibility index (Phi) is 2.24. The second kappa shape index (κ2) is 3.60. The lowest BCUT2D eigenvalue weighted by molar-refractivity contribution is 0.543. The number of nitrogens with two attached hydrogens (primary N) is 1. The first kappa shape index (κ1) is 9.34. The van der Waals surface area contributed by atoms with Crippen LogP contribution in [-0.2, 0) is 19.3 Å². The Balaban J connectivity index is 2.08. The van der Waals surface area contributed by atoms with E-state index in [1.54, 1.807) is 0 Å². The van der Waals surface area contributed by atoms with Gasteiger partial charge in [-0.3, -0.25) is 4.98 Å². The van der Waals surface area contributed by atoms with Gasteiger partial charge < -0.3 is 5.73 Å². The normalized spacial score (nSPS) is 24.5. The molecule has 2 N–H and O–H groups in total. The summed E-state index contributed by atoms with van der Waals surface area (Å²) in [6, 6.07) is 2.58. The van der Waals surface area contributed by atoms with Gasteiger partial charge in [-0.2, -0.15) is 0 Å². The van der Waals surface area contributed by atoms with E-state index in [1.165, 1.54) is 54.6 Å². The second-order valence-electron chi connectivity index (χ2n) is 4.84. The highest BCUT2D eigenvalue weighted by Crippen LogP contribution is 2.30. The number of hydrogen-bond donors (Lipinski definition) is 1. The van der Waals surface area contributed by atoms with Gasteiger partial charge in [0.1, 0.15) is 0 Å². The maximum atomic E-state index is 6.12. The molecule has 0 saturated carbocycles. The molecule has 2 heteroatoms. The quantitative estimate of drug-likeness (QED) is 0.701. The van der Waals surface area contributed by atoms with E-state index >= 15 is 0 Å². The highest BCUT2D eigenvalue weighted by molar-refractivity contribution is 5.35. The maximum absolute atomic E-state index is 6.12. The summed E-state index contributed by atoms with van der Waals surface area (Å²) in [5, 5.41) is 0. The van der Waals surface area contributed by atoms with Crippen LogP contribution >= 0.6 is 0 Å². The minimum atomic E-state index is 0.195. The van der Waals surface area contributed by atoms with Crippen LogP contribution in [0.1, 0.15) is 54.2 Å². The zero-order valence-corrected chi connectivity index (χ0v) is 9.13. The van der Waals surface area contributed by atoms with Crippen molar-refractivity contribution in [2.75, 3.05) is 0 Å². The van der Waals surface area contributed by atoms with Crippen LogP contribution in [-0.4, -0.2) is 4.98 Å². The summed E-state index contributed by atoms with van der Waals surface area (Å²) in [5.41, 5.74) is 11.6. The first-order chi connectivity index (χ1) is 7.34. The second-order valence-corrected chi connectivity index (χ2v) is 4.84. The monoisotopic (exact) mass is 202 g/mol. The van der Waals surface area contributed by atoms with Gasteiger partial charge in [0.15, 0.2) is 0 Å². The predicted octanol–water partition coefficient (Wildman–Crippen LogP) is 2.30. The molecular weight excluding hydrogens is 184 g/mol. The lowest BCUT2D eigenvalue weighted by Crippen LogP contribution is -2.21. The van der Waals surface area contributed by atoms with E-state index in [1.807, 2.05) is 0 Å². The van der Waals surface area contributed by atoms with E-state index < -0.39 is 0 Å². The van der Waals surface area contributed by atoms with Gasteiger partial charge in [-0.15, -0.1) is 0 Å². The van der Waals surface area contributed by atoms with Crippen LogP contribution in [0.5, 0.6) is 0 Å². The first-order valence-electron chi connectivity index (χ1n) is 6.12. The third kappa shape index (κ3) is 1.57.